The normalized spacial score (nSPS) is 14.7. The molecule has 1 saturated heterocycles. The van der Waals surface area contributed by atoms with E-state index < -0.39 is 0 Å². The number of aromatic amines is 1. The summed E-state index contributed by atoms with van der Waals surface area (Å²) in [5.74, 6) is 1.59. The molecule has 1 aliphatic heterocycles. The third-order valence-electron chi connectivity index (χ3n) is 5.58. The van der Waals surface area contributed by atoms with Gasteiger partial charge in [0.2, 0.25) is 0 Å². The highest BCUT2D eigenvalue weighted by Gasteiger charge is 2.17. The molecule has 0 amide bonds. The molecule has 0 aliphatic carbocycles. The van der Waals surface area contributed by atoms with E-state index in [0.29, 0.717) is 13.2 Å². The number of ether oxygens (including phenoxy) is 1. The Hall–Kier alpha value is -2.77. The molecule has 1 aliphatic rings. The first-order valence-corrected chi connectivity index (χ1v) is 11.1. The molecule has 0 spiro atoms. The second kappa shape index (κ2) is 10.5. The third kappa shape index (κ3) is 5.89. The van der Waals surface area contributed by atoms with Crippen molar-refractivity contribution in [3.05, 3.63) is 75.9 Å². The number of H-pyrrole nitrogens is 1. The van der Waals surface area contributed by atoms with Gasteiger partial charge in [0.05, 0.1) is 6.54 Å². The summed E-state index contributed by atoms with van der Waals surface area (Å²) in [7, 11) is 0. The minimum absolute atomic E-state index is 0.179. The van der Waals surface area contributed by atoms with Crippen LogP contribution in [0.1, 0.15) is 12.2 Å². The fraction of sp³-hybridized carbons (Fsp3) is 0.391. The predicted molar refractivity (Wildman–Crippen MR) is 123 cm³/mol. The molecule has 4 rings (SSSR count). The van der Waals surface area contributed by atoms with Gasteiger partial charge in [-0.3, -0.25) is 9.47 Å². The zero-order valence-corrected chi connectivity index (χ0v) is 18.3. The highest BCUT2D eigenvalue weighted by Crippen LogP contribution is 2.20. The van der Waals surface area contributed by atoms with Crippen molar-refractivity contribution in [2.75, 3.05) is 44.2 Å². The summed E-state index contributed by atoms with van der Waals surface area (Å²) in [5, 5.41) is 7.57. The van der Waals surface area contributed by atoms with Crippen LogP contribution >= 0.6 is 11.6 Å². The Morgan fingerprint density at radius 3 is 2.58 bits per heavy atom. The number of aromatic nitrogens is 3. The van der Waals surface area contributed by atoms with Gasteiger partial charge in [0.25, 0.3) is 0 Å². The molecule has 1 N–H and O–H groups in total. The van der Waals surface area contributed by atoms with E-state index in [1.165, 1.54) is 5.69 Å². The van der Waals surface area contributed by atoms with Gasteiger partial charge in [-0.25, -0.2) is 9.89 Å². The van der Waals surface area contributed by atoms with Gasteiger partial charge in [-0.05, 0) is 43.3 Å². The molecule has 0 saturated carbocycles. The lowest BCUT2D eigenvalue weighted by Crippen LogP contribution is -2.46. The van der Waals surface area contributed by atoms with Crippen molar-refractivity contribution >= 4 is 17.3 Å². The number of rotatable bonds is 9. The Labute approximate surface area is 187 Å². The maximum Gasteiger partial charge on any atom is 0.343 e. The Morgan fingerprint density at radius 1 is 1.00 bits per heavy atom. The number of nitrogens with one attached hydrogen (secondary N) is 1. The van der Waals surface area contributed by atoms with E-state index >= 15 is 0 Å². The fourth-order valence-electron chi connectivity index (χ4n) is 3.91. The molecular weight excluding hydrogens is 414 g/mol. The smallest absolute Gasteiger partial charge is 0.343 e. The molecule has 2 heterocycles. The lowest BCUT2D eigenvalue weighted by Gasteiger charge is -2.36. The van der Waals surface area contributed by atoms with Gasteiger partial charge >= 0.3 is 5.69 Å². The molecule has 1 aromatic heterocycles. The van der Waals surface area contributed by atoms with Crippen molar-refractivity contribution < 1.29 is 4.74 Å². The number of aryl methyl sites for hydroxylation is 1. The molecule has 3 aromatic rings. The van der Waals surface area contributed by atoms with Crippen LogP contribution in [0.25, 0.3) is 0 Å². The number of hydrogen-bond donors (Lipinski definition) is 1. The molecule has 7 nitrogen and oxygen atoms in total. The summed E-state index contributed by atoms with van der Waals surface area (Å²) in [5.41, 5.74) is 1.01. The van der Waals surface area contributed by atoms with E-state index in [1.807, 2.05) is 48.5 Å². The van der Waals surface area contributed by atoms with Crippen LogP contribution in [0.2, 0.25) is 5.02 Å². The average molecular weight is 442 g/mol. The zero-order chi connectivity index (χ0) is 21.5. The molecular formula is C23H28ClN5O2. The van der Waals surface area contributed by atoms with Crippen LogP contribution in [0, 0.1) is 0 Å². The van der Waals surface area contributed by atoms with E-state index in [4.69, 9.17) is 16.3 Å². The van der Waals surface area contributed by atoms with Crippen LogP contribution in [0.5, 0.6) is 5.75 Å². The maximum absolute atomic E-state index is 12.1. The van der Waals surface area contributed by atoms with Crippen molar-refractivity contribution in [3.8, 4) is 5.75 Å². The number of benzene rings is 2. The summed E-state index contributed by atoms with van der Waals surface area (Å²) in [4.78, 5) is 16.9. The Bertz CT molecular complexity index is 1010. The van der Waals surface area contributed by atoms with E-state index in [9.17, 15) is 4.79 Å². The van der Waals surface area contributed by atoms with Crippen molar-refractivity contribution in [2.45, 2.75) is 19.4 Å². The molecule has 0 bridgehead atoms. The summed E-state index contributed by atoms with van der Waals surface area (Å²) >= 11 is 6.12. The summed E-state index contributed by atoms with van der Waals surface area (Å²) in [6.07, 6.45) is 1.72. The molecule has 0 unspecified atom stereocenters. The second-order valence-electron chi connectivity index (χ2n) is 7.67. The van der Waals surface area contributed by atoms with Crippen LogP contribution in [0.15, 0.2) is 59.4 Å². The molecule has 31 heavy (non-hydrogen) atoms. The second-order valence-corrected chi connectivity index (χ2v) is 8.11. The number of nitrogens with zero attached hydrogens (tertiary/aromatic N) is 4. The lowest BCUT2D eigenvalue weighted by molar-refractivity contribution is 0.253. The molecule has 8 heteroatoms. The average Bonchev–Trinajstić information content (AvgIpc) is 3.14. The first kappa shape index (κ1) is 21.5. The summed E-state index contributed by atoms with van der Waals surface area (Å²) in [6.45, 7) is 5.93. The molecule has 1 fully saturated rings. The van der Waals surface area contributed by atoms with E-state index in [0.717, 1.165) is 62.2 Å². The van der Waals surface area contributed by atoms with Crippen LogP contribution in [0.4, 0.5) is 5.69 Å². The molecule has 0 radical (unpaired) electrons. The number of anilines is 1. The highest BCUT2D eigenvalue weighted by molar-refractivity contribution is 6.30. The number of hydrogen-bond acceptors (Lipinski definition) is 5. The van der Waals surface area contributed by atoms with Crippen LogP contribution < -0.4 is 15.3 Å². The van der Waals surface area contributed by atoms with Crippen LogP contribution in [0.3, 0.4) is 0 Å². The standard InChI is InChI=1S/C23H28ClN5O2/c24-19-6-4-7-20(18-19)28-14-12-27(13-15-28)11-5-10-22-25-26-23(30)29(22)16-17-31-21-8-2-1-3-9-21/h1-4,6-9,18H,5,10-17H2,(H,26,30). The number of halogens is 1. The van der Waals surface area contributed by atoms with Gasteiger partial charge in [0.15, 0.2) is 0 Å². The largest absolute Gasteiger partial charge is 0.492 e. The Balaban J connectivity index is 1.21. The minimum Gasteiger partial charge on any atom is -0.492 e. The van der Waals surface area contributed by atoms with Gasteiger partial charge in [-0.1, -0.05) is 35.9 Å². The third-order valence-corrected chi connectivity index (χ3v) is 5.82. The monoisotopic (exact) mass is 441 g/mol. The first-order chi connectivity index (χ1) is 15.2. The number of piperazine rings is 1. The SMILES string of the molecule is O=c1[nH]nc(CCCN2CCN(c3cccc(Cl)c3)CC2)n1CCOc1ccccc1. The molecule has 0 atom stereocenters. The topological polar surface area (TPSA) is 66.4 Å². The number of para-hydroxylation sites is 1. The van der Waals surface area contributed by atoms with Gasteiger partial charge in [-0.15, -0.1) is 0 Å². The molecule has 2 aromatic carbocycles. The van der Waals surface area contributed by atoms with Gasteiger partial charge < -0.3 is 9.64 Å². The molecule has 164 valence electrons. The van der Waals surface area contributed by atoms with Gasteiger partial charge in [0, 0.05) is 43.3 Å². The van der Waals surface area contributed by atoms with Crippen molar-refractivity contribution in [1.29, 1.82) is 0 Å². The fourth-order valence-corrected chi connectivity index (χ4v) is 4.09. The maximum atomic E-state index is 12.1. The zero-order valence-electron chi connectivity index (χ0n) is 17.5. The Kier molecular flexibility index (Phi) is 7.27. The predicted octanol–water partition coefficient (Wildman–Crippen LogP) is 3.06. The summed E-state index contributed by atoms with van der Waals surface area (Å²) in [6, 6.07) is 17.7. The van der Waals surface area contributed by atoms with Crippen molar-refractivity contribution in [1.82, 2.24) is 19.7 Å². The van der Waals surface area contributed by atoms with E-state index in [2.05, 4.69) is 26.1 Å². The Morgan fingerprint density at radius 2 is 1.81 bits per heavy atom. The van der Waals surface area contributed by atoms with Gasteiger partial charge in [-0.2, -0.15) is 5.10 Å². The quantitative estimate of drug-likeness (QED) is 0.552. The van der Waals surface area contributed by atoms with Crippen LogP contribution in [-0.4, -0.2) is 59.0 Å². The first-order valence-electron chi connectivity index (χ1n) is 10.7. The minimum atomic E-state index is -0.179. The van der Waals surface area contributed by atoms with Gasteiger partial charge in [0.1, 0.15) is 18.2 Å². The highest BCUT2D eigenvalue weighted by atomic mass is 35.5. The van der Waals surface area contributed by atoms with E-state index in [1.54, 1.807) is 4.57 Å². The van der Waals surface area contributed by atoms with Crippen molar-refractivity contribution in [2.24, 2.45) is 0 Å². The lowest BCUT2D eigenvalue weighted by atomic mass is 10.2. The van der Waals surface area contributed by atoms with Crippen LogP contribution in [-0.2, 0) is 13.0 Å². The van der Waals surface area contributed by atoms with E-state index in [-0.39, 0.29) is 5.69 Å². The van der Waals surface area contributed by atoms with Crippen molar-refractivity contribution in [3.63, 3.8) is 0 Å². The summed E-state index contributed by atoms with van der Waals surface area (Å²) < 4.78 is 7.40.